The molecule has 0 saturated carbocycles. The number of carbonyl (C=O) groups excluding carboxylic acids is 3. The highest BCUT2D eigenvalue weighted by molar-refractivity contribution is 6.36. The lowest BCUT2D eigenvalue weighted by atomic mass is 9.91. The van der Waals surface area contributed by atoms with E-state index in [1.165, 1.54) is 24.6 Å². The number of hydrogen-bond donors (Lipinski definition) is 7. The Morgan fingerprint density at radius 2 is 1.69 bits per heavy atom. The first-order chi connectivity index (χ1) is 21.0. The third-order valence-electron chi connectivity index (χ3n) is 6.75. The minimum Gasteiger partial charge on any atom is -0.447 e. The molecular formula is C30H32Cl2FN3O9. The summed E-state index contributed by atoms with van der Waals surface area (Å²) in [7, 11) is 0. The molecule has 0 radical (unpaired) electrons. The summed E-state index contributed by atoms with van der Waals surface area (Å²) in [5, 5.41) is 51.9. The predicted molar refractivity (Wildman–Crippen MR) is 161 cm³/mol. The van der Waals surface area contributed by atoms with Gasteiger partial charge >= 0.3 is 12.1 Å². The van der Waals surface area contributed by atoms with Gasteiger partial charge in [-0.15, -0.1) is 0 Å². The first kappa shape index (κ1) is 35.8. The topological polar surface area (TPSA) is 203 Å². The number of anilines is 1. The maximum Gasteiger partial charge on any atom is 0.416 e. The van der Waals surface area contributed by atoms with E-state index in [0.717, 1.165) is 23.1 Å². The average Bonchev–Trinajstić information content (AvgIpc) is 3.39. The molecule has 0 spiro atoms. The highest BCUT2D eigenvalue weighted by atomic mass is 35.5. The minimum absolute atomic E-state index is 0.00110. The maximum atomic E-state index is 15.8. The molecule has 1 aliphatic rings. The third-order valence-corrected chi connectivity index (χ3v) is 7.39. The van der Waals surface area contributed by atoms with Crippen LogP contribution in [0.3, 0.4) is 0 Å². The number of nitrogens with zero attached hydrogens (tertiary/aromatic N) is 1. The molecule has 2 atom stereocenters. The van der Waals surface area contributed by atoms with Gasteiger partial charge in [-0.25, -0.2) is 14.1 Å². The maximum absolute atomic E-state index is 15.8. The fourth-order valence-electron chi connectivity index (χ4n) is 4.30. The molecule has 2 amide bonds. The van der Waals surface area contributed by atoms with Crippen LogP contribution in [-0.2, 0) is 9.53 Å². The van der Waals surface area contributed by atoms with Crippen LogP contribution in [-0.4, -0.2) is 79.2 Å². The molecule has 0 aromatic heterocycles. The number of nitrogens with two attached hydrogens (primary N) is 1. The van der Waals surface area contributed by atoms with Crippen molar-refractivity contribution in [3.05, 3.63) is 98.8 Å². The van der Waals surface area contributed by atoms with Crippen molar-refractivity contribution in [3.8, 4) is 0 Å². The number of benzene rings is 3. The number of hydrogen-bond acceptors (Lipinski definition) is 11. The lowest BCUT2D eigenvalue weighted by molar-refractivity contribution is -0.454. The van der Waals surface area contributed by atoms with Crippen LogP contribution in [0.4, 0.5) is 14.9 Å². The Hall–Kier alpha value is -3.66. The zero-order chi connectivity index (χ0) is 33.7. The zero-order valence-corrected chi connectivity index (χ0v) is 25.6. The second kappa shape index (κ2) is 14.6. The summed E-state index contributed by atoms with van der Waals surface area (Å²) in [5.41, 5.74) is 5.50. The molecule has 45 heavy (non-hydrogen) atoms. The summed E-state index contributed by atoms with van der Waals surface area (Å²) in [6.45, 7) is 3.38. The van der Waals surface area contributed by atoms with Crippen molar-refractivity contribution in [2.45, 2.75) is 44.1 Å². The quantitative estimate of drug-likeness (QED) is 0.100. The molecule has 0 bridgehead atoms. The normalized spacial score (nSPS) is 14.7. The van der Waals surface area contributed by atoms with E-state index in [-0.39, 0.29) is 34.4 Å². The van der Waals surface area contributed by atoms with E-state index in [4.69, 9.17) is 28.9 Å². The molecule has 1 fully saturated rings. The van der Waals surface area contributed by atoms with Gasteiger partial charge in [0.1, 0.15) is 12.4 Å². The van der Waals surface area contributed by atoms with E-state index in [0.29, 0.717) is 0 Å². The number of ketones is 1. The predicted octanol–water partition coefficient (Wildman–Crippen LogP) is 2.64. The van der Waals surface area contributed by atoms with E-state index < -0.39 is 65.0 Å². The molecule has 1 aliphatic heterocycles. The number of imide groups is 1. The van der Waals surface area contributed by atoms with Crippen LogP contribution >= 0.6 is 23.2 Å². The van der Waals surface area contributed by atoms with Crippen LogP contribution in [0.1, 0.15) is 46.4 Å². The smallest absolute Gasteiger partial charge is 0.416 e. The third kappa shape index (κ3) is 8.54. The van der Waals surface area contributed by atoms with Gasteiger partial charge in [0.15, 0.2) is 5.78 Å². The molecule has 1 saturated heterocycles. The Kier molecular flexibility index (Phi) is 11.6. The molecule has 15 heteroatoms. The van der Waals surface area contributed by atoms with Crippen LogP contribution in [0.5, 0.6) is 0 Å². The van der Waals surface area contributed by atoms with Crippen molar-refractivity contribution in [3.63, 3.8) is 0 Å². The number of carbonyl (C=O) groups is 3. The summed E-state index contributed by atoms with van der Waals surface area (Å²) in [4.78, 5) is 38.0. The van der Waals surface area contributed by atoms with Gasteiger partial charge in [0.05, 0.1) is 33.9 Å². The van der Waals surface area contributed by atoms with Crippen LogP contribution in [0.25, 0.3) is 0 Å². The molecule has 0 aliphatic carbocycles. The molecular weight excluding hydrogens is 636 g/mol. The van der Waals surface area contributed by atoms with Crippen molar-refractivity contribution in [2.24, 2.45) is 0 Å². The SMILES string of the molecule is CC(CC(=O)N1CCOC1=O)NC(c1ccc(Cl)c(C(=O)c2ccc(N)c(Cl)c2)c1F)C(O)(O)C(O)(O)O.Cc1ccccc1. The number of amides is 2. The summed E-state index contributed by atoms with van der Waals surface area (Å²) < 4.78 is 20.5. The van der Waals surface area contributed by atoms with Gasteiger partial charge in [-0.1, -0.05) is 65.2 Å². The van der Waals surface area contributed by atoms with Crippen LogP contribution in [0, 0.1) is 12.7 Å². The van der Waals surface area contributed by atoms with E-state index in [1.807, 2.05) is 18.2 Å². The highest BCUT2D eigenvalue weighted by Gasteiger charge is 2.54. The standard InChI is InChI=1S/C23H24Cl2FN3O9.C7H8/c1-10(8-16(30)29-6-7-38-21(29)32)28-20(22(33,34)23(35,36)37)12-3-4-13(24)17(18(12)26)19(31)11-2-5-15(27)14(25)9-11;1-7-5-3-2-4-6-7/h2-5,9-10,20,28,33-37H,6-8,27H2,1H3;2-6H,1H3. The molecule has 242 valence electrons. The van der Waals surface area contributed by atoms with E-state index in [1.54, 1.807) is 0 Å². The first-order valence-electron chi connectivity index (χ1n) is 13.4. The first-order valence-corrected chi connectivity index (χ1v) is 14.2. The molecule has 4 rings (SSSR count). The zero-order valence-electron chi connectivity index (χ0n) is 24.1. The second-order valence-electron chi connectivity index (χ2n) is 10.3. The number of rotatable bonds is 9. The second-order valence-corrected chi connectivity index (χ2v) is 11.1. The van der Waals surface area contributed by atoms with Gasteiger partial charge in [-0.05, 0) is 38.1 Å². The van der Waals surface area contributed by atoms with E-state index in [2.05, 4.69) is 29.1 Å². The van der Waals surface area contributed by atoms with Crippen molar-refractivity contribution in [1.82, 2.24) is 10.2 Å². The molecule has 2 unspecified atom stereocenters. The van der Waals surface area contributed by atoms with Crippen molar-refractivity contribution >= 4 is 46.7 Å². The van der Waals surface area contributed by atoms with Crippen molar-refractivity contribution in [1.29, 1.82) is 0 Å². The van der Waals surface area contributed by atoms with Crippen LogP contribution < -0.4 is 11.1 Å². The summed E-state index contributed by atoms with van der Waals surface area (Å²) in [6.07, 6.45) is -1.35. The lowest BCUT2D eigenvalue weighted by Gasteiger charge is -2.39. The fraction of sp³-hybridized carbons (Fsp3) is 0.300. The highest BCUT2D eigenvalue weighted by Crippen LogP contribution is 2.36. The number of cyclic esters (lactones) is 1. The Morgan fingerprint density at radius 1 is 1.04 bits per heavy atom. The van der Waals surface area contributed by atoms with Crippen molar-refractivity contribution < 1.29 is 49.0 Å². The molecule has 3 aromatic rings. The molecule has 8 N–H and O–H groups in total. The summed E-state index contributed by atoms with van der Waals surface area (Å²) in [6, 6.07) is 12.5. The minimum atomic E-state index is -4.21. The number of aliphatic hydroxyl groups is 5. The number of halogens is 3. The summed E-state index contributed by atoms with van der Waals surface area (Å²) >= 11 is 12.0. The van der Waals surface area contributed by atoms with Crippen LogP contribution in [0.2, 0.25) is 10.0 Å². The Bertz CT molecular complexity index is 1550. The number of nitrogen functional groups attached to an aromatic ring is 1. The largest absolute Gasteiger partial charge is 0.447 e. The Morgan fingerprint density at radius 3 is 2.20 bits per heavy atom. The van der Waals surface area contributed by atoms with Crippen LogP contribution in [0.15, 0.2) is 60.7 Å². The lowest BCUT2D eigenvalue weighted by Crippen LogP contribution is -2.62. The molecule has 12 nitrogen and oxygen atoms in total. The van der Waals surface area contributed by atoms with Crippen molar-refractivity contribution in [2.75, 3.05) is 18.9 Å². The molecule has 3 aromatic carbocycles. The fourth-order valence-corrected chi connectivity index (χ4v) is 4.71. The van der Waals surface area contributed by atoms with Gasteiger partial charge < -0.3 is 41.3 Å². The average molecular weight is 669 g/mol. The van der Waals surface area contributed by atoms with E-state index >= 15 is 4.39 Å². The van der Waals surface area contributed by atoms with Gasteiger partial charge in [-0.3, -0.25) is 9.59 Å². The monoisotopic (exact) mass is 667 g/mol. The number of nitrogens with one attached hydrogen (secondary N) is 1. The molecule has 1 heterocycles. The van der Waals surface area contributed by atoms with Gasteiger partial charge in [0, 0.05) is 23.6 Å². The number of ether oxygens (including phenoxy) is 1. The summed E-state index contributed by atoms with van der Waals surface area (Å²) in [5.74, 6) is -11.2. The Labute approximate surface area is 267 Å². The van der Waals surface area contributed by atoms with Gasteiger partial charge in [0.25, 0.3) is 5.79 Å². The van der Waals surface area contributed by atoms with Gasteiger partial charge in [0.2, 0.25) is 5.91 Å². The van der Waals surface area contributed by atoms with Gasteiger partial charge in [-0.2, -0.15) is 0 Å². The Balaban J connectivity index is 0.000000693. The van der Waals surface area contributed by atoms with E-state index in [9.17, 15) is 39.9 Å². The number of aryl methyl sites for hydroxylation is 1.